The number of rotatable bonds is 6. The summed E-state index contributed by atoms with van der Waals surface area (Å²) in [6.45, 7) is 0.212. The largest absolute Gasteiger partial charge is 0.508 e. The molecule has 0 unspecified atom stereocenters. The van der Waals surface area contributed by atoms with Gasteiger partial charge >= 0.3 is 12.1 Å². The lowest BCUT2D eigenvalue weighted by Gasteiger charge is -2.10. The molecule has 0 amide bonds. The zero-order valence-corrected chi connectivity index (χ0v) is 18.5. The lowest BCUT2D eigenvalue weighted by molar-refractivity contribution is -0.137. The van der Waals surface area contributed by atoms with Crippen molar-refractivity contribution >= 4 is 5.97 Å². The molecule has 0 bridgehead atoms. The maximum absolute atomic E-state index is 13.7. The lowest BCUT2D eigenvalue weighted by atomic mass is 9.99. The number of aromatic carboxylic acids is 1. The van der Waals surface area contributed by atoms with Gasteiger partial charge in [0.15, 0.2) is 0 Å². The van der Waals surface area contributed by atoms with E-state index in [-0.39, 0.29) is 23.6 Å². The van der Waals surface area contributed by atoms with E-state index in [1.54, 1.807) is 6.08 Å². The molecule has 0 saturated heterocycles. The van der Waals surface area contributed by atoms with Crippen LogP contribution in [0.15, 0.2) is 72.3 Å². The number of carbonyl (C=O) groups is 1. The van der Waals surface area contributed by atoms with Gasteiger partial charge in [0.1, 0.15) is 17.3 Å². The summed E-state index contributed by atoms with van der Waals surface area (Å²) in [6.07, 6.45) is 3.66. The van der Waals surface area contributed by atoms with Gasteiger partial charge in [-0.1, -0.05) is 17.9 Å². The molecule has 8 heteroatoms. The first-order chi connectivity index (χ1) is 16.6. The van der Waals surface area contributed by atoms with Crippen LogP contribution in [0.1, 0.15) is 51.9 Å². The number of carboxylic acid groups (broad SMARTS) is 1. The number of aryl methyl sites for hydroxylation is 1. The molecule has 1 aliphatic rings. The maximum atomic E-state index is 13.7. The Hall–Kier alpha value is -3.99. The highest BCUT2D eigenvalue weighted by Crippen LogP contribution is 2.34. The van der Waals surface area contributed by atoms with Crippen LogP contribution in [0.2, 0.25) is 0 Å². The molecular formula is C27H22F4O4. The van der Waals surface area contributed by atoms with Gasteiger partial charge in [0.2, 0.25) is 0 Å². The number of phenols is 1. The summed E-state index contributed by atoms with van der Waals surface area (Å²) < 4.78 is 59.2. The van der Waals surface area contributed by atoms with E-state index >= 15 is 0 Å². The molecule has 0 spiro atoms. The van der Waals surface area contributed by atoms with Crippen LogP contribution in [0.5, 0.6) is 5.75 Å². The Labute approximate surface area is 199 Å². The Morgan fingerprint density at radius 3 is 2.54 bits per heavy atom. The van der Waals surface area contributed by atoms with E-state index in [1.165, 1.54) is 30.4 Å². The van der Waals surface area contributed by atoms with Crippen molar-refractivity contribution < 1.29 is 37.3 Å². The van der Waals surface area contributed by atoms with Gasteiger partial charge in [-0.05, 0) is 79.8 Å². The molecule has 0 saturated carbocycles. The minimum absolute atomic E-state index is 0.0185. The quantitative estimate of drug-likeness (QED) is 0.276. The van der Waals surface area contributed by atoms with Crippen LogP contribution >= 0.6 is 0 Å². The van der Waals surface area contributed by atoms with Crippen LogP contribution in [0, 0.1) is 11.8 Å². The second-order valence-electron chi connectivity index (χ2n) is 7.72. The summed E-state index contributed by atoms with van der Waals surface area (Å²) in [5.41, 5.74) is -0.462. The second-order valence-corrected chi connectivity index (χ2v) is 7.72. The number of phenolic OH excluding ortho intramolecular Hbond substituents is 1. The molecule has 0 aromatic heterocycles. The second kappa shape index (κ2) is 11.4. The number of hydrogen-bond acceptors (Lipinski definition) is 3. The van der Waals surface area contributed by atoms with Gasteiger partial charge in [-0.25, -0.2) is 9.18 Å². The highest BCUT2D eigenvalue weighted by atomic mass is 19.4. The molecular weight excluding hydrogens is 464 g/mol. The molecule has 0 aliphatic heterocycles. The molecule has 2 aromatic carbocycles. The number of aromatic hydroxyl groups is 1. The number of alkyl halides is 3. The third-order valence-corrected chi connectivity index (χ3v) is 5.09. The van der Waals surface area contributed by atoms with Crippen LogP contribution in [0.25, 0.3) is 0 Å². The van der Waals surface area contributed by atoms with Crippen LogP contribution in [-0.2, 0) is 17.3 Å². The first-order valence-electron chi connectivity index (χ1n) is 10.8. The number of ether oxygens (including phenoxy) is 1. The van der Waals surface area contributed by atoms with E-state index in [2.05, 4.69) is 11.8 Å². The van der Waals surface area contributed by atoms with Gasteiger partial charge in [0, 0.05) is 17.2 Å². The van der Waals surface area contributed by atoms with E-state index < -0.39 is 23.5 Å². The molecule has 3 rings (SSSR count). The summed E-state index contributed by atoms with van der Waals surface area (Å²) in [7, 11) is 0. The number of halogens is 4. The molecule has 0 heterocycles. The maximum Gasteiger partial charge on any atom is 0.417 e. The molecule has 0 fully saturated rings. The fourth-order valence-electron chi connectivity index (χ4n) is 3.37. The van der Waals surface area contributed by atoms with Crippen LogP contribution in [-0.4, -0.2) is 22.8 Å². The fourth-order valence-corrected chi connectivity index (χ4v) is 3.37. The van der Waals surface area contributed by atoms with E-state index in [0.29, 0.717) is 48.6 Å². The minimum Gasteiger partial charge on any atom is -0.508 e. The number of benzene rings is 2. The molecule has 1 aliphatic carbocycles. The van der Waals surface area contributed by atoms with Crippen molar-refractivity contribution in [2.75, 3.05) is 6.61 Å². The van der Waals surface area contributed by atoms with Crippen molar-refractivity contribution in [3.63, 3.8) is 0 Å². The Kier molecular flexibility index (Phi) is 8.37. The number of hydrogen-bond donors (Lipinski definition) is 2. The molecule has 2 aromatic rings. The van der Waals surface area contributed by atoms with Gasteiger partial charge in [-0.3, -0.25) is 0 Å². The summed E-state index contributed by atoms with van der Waals surface area (Å²) in [4.78, 5) is 11.4. The van der Waals surface area contributed by atoms with Crippen molar-refractivity contribution in [1.82, 2.24) is 0 Å². The number of carboxylic acids is 1. The number of allylic oxidation sites excluding steroid dienone is 5. The molecule has 182 valence electrons. The van der Waals surface area contributed by atoms with Crippen LogP contribution in [0.3, 0.4) is 0 Å². The monoisotopic (exact) mass is 486 g/mol. The Balaban J connectivity index is 1.80. The predicted molar refractivity (Wildman–Crippen MR) is 122 cm³/mol. The Bertz CT molecular complexity index is 1240. The van der Waals surface area contributed by atoms with Gasteiger partial charge < -0.3 is 14.9 Å². The van der Waals surface area contributed by atoms with E-state index in [9.17, 15) is 32.6 Å². The van der Waals surface area contributed by atoms with Crippen molar-refractivity contribution in [1.29, 1.82) is 0 Å². The highest BCUT2D eigenvalue weighted by Gasteiger charge is 2.33. The van der Waals surface area contributed by atoms with Crippen molar-refractivity contribution in [3.05, 3.63) is 100 Å². The SMILES string of the molecule is O=C(O)c1ccc(C#Cc2ccc(O)cc2C(F)(F)F)c(CCCOC2=CC(F)=CCCC=C2)c1. The first-order valence-corrected chi connectivity index (χ1v) is 10.8. The normalized spacial score (nSPS) is 13.6. The third-order valence-electron chi connectivity index (χ3n) is 5.09. The van der Waals surface area contributed by atoms with Crippen molar-refractivity contribution in [3.8, 4) is 17.6 Å². The zero-order valence-electron chi connectivity index (χ0n) is 18.5. The Morgan fingerprint density at radius 1 is 1.06 bits per heavy atom. The molecule has 4 nitrogen and oxygen atoms in total. The standard InChI is InChI=1S/C27H22F4O4/c28-22-6-2-1-3-7-24(16-22)35-14-4-5-20-15-21(26(33)34)11-9-18(20)8-10-19-12-13-23(32)17-25(19)27(29,30)31/h3,6-7,9,11-13,15-17,32H,1-2,4-5,14H2,(H,33,34). The van der Waals surface area contributed by atoms with Crippen molar-refractivity contribution in [2.24, 2.45) is 0 Å². The lowest BCUT2D eigenvalue weighted by Crippen LogP contribution is -2.07. The average molecular weight is 486 g/mol. The van der Waals surface area contributed by atoms with E-state index in [1.807, 2.05) is 6.08 Å². The fraction of sp³-hybridized carbons (Fsp3) is 0.222. The van der Waals surface area contributed by atoms with Crippen molar-refractivity contribution in [2.45, 2.75) is 31.9 Å². The zero-order chi connectivity index (χ0) is 25.4. The van der Waals surface area contributed by atoms with Crippen LogP contribution < -0.4 is 0 Å². The molecule has 2 N–H and O–H groups in total. The molecule has 0 radical (unpaired) electrons. The van der Waals surface area contributed by atoms with Crippen LogP contribution in [0.4, 0.5) is 17.6 Å². The molecule has 0 atom stereocenters. The first kappa shape index (κ1) is 25.6. The van der Waals surface area contributed by atoms with Gasteiger partial charge in [0.25, 0.3) is 0 Å². The van der Waals surface area contributed by atoms with Gasteiger partial charge in [-0.15, -0.1) is 0 Å². The summed E-state index contributed by atoms with van der Waals surface area (Å²) in [6, 6.07) is 6.99. The van der Waals surface area contributed by atoms with E-state index in [4.69, 9.17) is 4.74 Å². The topological polar surface area (TPSA) is 66.8 Å². The minimum atomic E-state index is -4.70. The summed E-state index contributed by atoms with van der Waals surface area (Å²) in [5, 5.41) is 18.7. The summed E-state index contributed by atoms with van der Waals surface area (Å²) in [5.74, 6) is 3.49. The summed E-state index contributed by atoms with van der Waals surface area (Å²) >= 11 is 0. The van der Waals surface area contributed by atoms with Gasteiger partial charge in [0.05, 0.1) is 17.7 Å². The predicted octanol–water partition coefficient (Wildman–Crippen LogP) is 6.55. The van der Waals surface area contributed by atoms with E-state index in [0.717, 1.165) is 12.1 Å². The van der Waals surface area contributed by atoms with Gasteiger partial charge in [-0.2, -0.15) is 13.2 Å². The Morgan fingerprint density at radius 2 is 1.80 bits per heavy atom. The molecule has 35 heavy (non-hydrogen) atoms. The average Bonchev–Trinajstić information content (AvgIpc) is 2.78. The smallest absolute Gasteiger partial charge is 0.417 e. The third kappa shape index (κ3) is 7.51. The highest BCUT2D eigenvalue weighted by molar-refractivity contribution is 5.88.